The van der Waals surface area contributed by atoms with Crippen LogP contribution in [0, 0.1) is 5.92 Å². The van der Waals surface area contributed by atoms with Crippen molar-refractivity contribution in [2.24, 2.45) is 10.9 Å². The molecule has 2 aliphatic heterocycles. The number of hydrogen-bond donors (Lipinski definition) is 1. The van der Waals surface area contributed by atoms with E-state index in [2.05, 4.69) is 10.2 Å². The number of piperazine rings is 1. The summed E-state index contributed by atoms with van der Waals surface area (Å²) in [5, 5.41) is 2.84. The van der Waals surface area contributed by atoms with Crippen LogP contribution in [0.5, 0.6) is 23.0 Å². The van der Waals surface area contributed by atoms with E-state index >= 15 is 0 Å². The number of para-hydroxylation sites is 2. The quantitative estimate of drug-likeness (QED) is 0.409. The highest BCUT2D eigenvalue weighted by molar-refractivity contribution is 6.08. The van der Waals surface area contributed by atoms with Crippen LogP contribution in [-0.4, -0.2) is 84.0 Å². The molecule has 2 atom stereocenters. The molecule has 0 radical (unpaired) electrons. The van der Waals surface area contributed by atoms with Crippen LogP contribution < -0.4 is 29.2 Å². The first-order valence-electron chi connectivity index (χ1n) is 12.4. The first-order valence-corrected chi connectivity index (χ1v) is 12.4. The predicted molar refractivity (Wildman–Crippen MR) is 141 cm³/mol. The van der Waals surface area contributed by atoms with E-state index in [0.717, 1.165) is 11.4 Å². The van der Waals surface area contributed by atoms with Crippen LogP contribution in [-0.2, 0) is 14.3 Å². The van der Waals surface area contributed by atoms with Gasteiger partial charge in [0.1, 0.15) is 11.8 Å². The molecule has 1 fully saturated rings. The second-order valence-electron chi connectivity index (χ2n) is 8.72. The van der Waals surface area contributed by atoms with Crippen molar-refractivity contribution in [3.05, 3.63) is 42.0 Å². The molecule has 0 bridgehead atoms. The molecule has 0 unspecified atom stereocenters. The van der Waals surface area contributed by atoms with Crippen molar-refractivity contribution >= 4 is 23.5 Å². The normalized spacial score (nSPS) is 19.3. The highest BCUT2D eigenvalue weighted by Gasteiger charge is 2.43. The largest absolute Gasteiger partial charge is 0.495 e. The number of anilines is 1. The summed E-state index contributed by atoms with van der Waals surface area (Å²) in [6, 6.07) is 10.4. The minimum absolute atomic E-state index is 0.145. The number of rotatable bonds is 8. The van der Waals surface area contributed by atoms with Gasteiger partial charge in [0.25, 0.3) is 0 Å². The van der Waals surface area contributed by atoms with E-state index in [0.29, 0.717) is 55.0 Å². The molecule has 2 aromatic rings. The SMILES string of the molecule is CCOC(=O)[C@H]1C(=O)NC(N2CCN(c3ccccc3OC)CC2)=N[C@@H]1c1cc(OC)c(OC)c(OC)c1. The summed E-state index contributed by atoms with van der Waals surface area (Å²) in [7, 11) is 6.18. The number of methoxy groups -OCH3 is 4. The Kier molecular flexibility index (Phi) is 8.45. The van der Waals surface area contributed by atoms with Gasteiger partial charge in [-0.05, 0) is 36.8 Å². The average Bonchev–Trinajstić information content (AvgIpc) is 2.95. The van der Waals surface area contributed by atoms with Crippen molar-refractivity contribution in [2.45, 2.75) is 13.0 Å². The molecule has 2 aliphatic rings. The van der Waals surface area contributed by atoms with Gasteiger partial charge >= 0.3 is 5.97 Å². The average molecular weight is 527 g/mol. The molecule has 2 aromatic carbocycles. The molecule has 4 rings (SSSR count). The number of nitrogens with one attached hydrogen (secondary N) is 1. The van der Waals surface area contributed by atoms with E-state index in [1.165, 1.54) is 21.3 Å². The number of guanidine groups is 1. The fraction of sp³-hybridized carbons (Fsp3) is 0.444. The molecule has 1 N–H and O–H groups in total. The summed E-state index contributed by atoms with van der Waals surface area (Å²) >= 11 is 0. The van der Waals surface area contributed by atoms with Gasteiger partial charge in [0.15, 0.2) is 17.4 Å². The van der Waals surface area contributed by atoms with Gasteiger partial charge in [-0.1, -0.05) is 12.1 Å². The lowest BCUT2D eigenvalue weighted by molar-refractivity contribution is -0.153. The van der Waals surface area contributed by atoms with Gasteiger partial charge in [-0.15, -0.1) is 0 Å². The van der Waals surface area contributed by atoms with E-state index in [-0.39, 0.29) is 6.61 Å². The summed E-state index contributed by atoms with van der Waals surface area (Å²) in [4.78, 5) is 35.3. The van der Waals surface area contributed by atoms with Crippen molar-refractivity contribution < 1.29 is 33.3 Å². The minimum atomic E-state index is -1.17. The third kappa shape index (κ3) is 5.27. The molecule has 1 saturated heterocycles. The first-order chi connectivity index (χ1) is 18.4. The second kappa shape index (κ2) is 11.9. The number of carbonyl (C=O) groups is 2. The van der Waals surface area contributed by atoms with Gasteiger partial charge in [0.2, 0.25) is 17.6 Å². The first kappa shape index (κ1) is 26.9. The van der Waals surface area contributed by atoms with Gasteiger partial charge in [0, 0.05) is 26.2 Å². The Balaban J connectivity index is 1.66. The smallest absolute Gasteiger partial charge is 0.321 e. The van der Waals surface area contributed by atoms with Crippen LogP contribution in [0.25, 0.3) is 0 Å². The Morgan fingerprint density at radius 1 is 0.921 bits per heavy atom. The van der Waals surface area contributed by atoms with E-state index in [9.17, 15) is 9.59 Å². The van der Waals surface area contributed by atoms with Crippen LogP contribution in [0.15, 0.2) is 41.4 Å². The highest BCUT2D eigenvalue weighted by Crippen LogP contribution is 2.42. The summed E-state index contributed by atoms with van der Waals surface area (Å²) in [6.45, 7) is 4.47. The van der Waals surface area contributed by atoms with Gasteiger partial charge < -0.3 is 33.5 Å². The number of nitrogens with zero attached hydrogens (tertiary/aromatic N) is 3. The fourth-order valence-electron chi connectivity index (χ4n) is 4.79. The molecule has 11 heteroatoms. The maximum Gasteiger partial charge on any atom is 0.321 e. The lowest BCUT2D eigenvalue weighted by atomic mass is 9.90. The number of aliphatic imine (C=N–C) groups is 1. The monoisotopic (exact) mass is 526 g/mol. The lowest BCUT2D eigenvalue weighted by Gasteiger charge is -2.40. The van der Waals surface area contributed by atoms with Gasteiger partial charge in [-0.2, -0.15) is 0 Å². The van der Waals surface area contributed by atoms with Crippen molar-refractivity contribution in [2.75, 3.05) is 66.1 Å². The van der Waals surface area contributed by atoms with Crippen LogP contribution in [0.1, 0.15) is 18.5 Å². The van der Waals surface area contributed by atoms with E-state index < -0.39 is 23.8 Å². The Morgan fingerprint density at radius 2 is 1.53 bits per heavy atom. The number of ether oxygens (including phenoxy) is 5. The topological polar surface area (TPSA) is 111 Å². The number of carbonyl (C=O) groups excluding carboxylic acids is 2. The molecule has 0 aliphatic carbocycles. The Bertz CT molecular complexity index is 1170. The Morgan fingerprint density at radius 3 is 2.11 bits per heavy atom. The third-order valence-corrected chi connectivity index (χ3v) is 6.67. The summed E-state index contributed by atoms with van der Waals surface area (Å²) in [6.07, 6.45) is 0. The number of hydrogen-bond acceptors (Lipinski definition) is 10. The van der Waals surface area contributed by atoms with Gasteiger partial charge in [-0.25, -0.2) is 4.99 Å². The van der Waals surface area contributed by atoms with Crippen molar-refractivity contribution in [1.29, 1.82) is 0 Å². The molecule has 0 spiro atoms. The van der Waals surface area contributed by atoms with E-state index in [4.69, 9.17) is 28.7 Å². The summed E-state index contributed by atoms with van der Waals surface area (Å²) < 4.78 is 27.2. The second-order valence-corrected chi connectivity index (χ2v) is 8.72. The standard InChI is InChI=1S/C27H34N4O7/c1-6-38-26(33)22-23(17-15-20(35-3)24(37-5)21(16-17)36-4)28-27(29-25(22)32)31-13-11-30(12-14-31)18-9-7-8-10-19(18)34-2/h7-10,15-16,22-23H,6,11-14H2,1-5H3,(H,28,29,32)/t22-,23-/m1/s1. The zero-order valence-corrected chi connectivity index (χ0v) is 22.4. The molecule has 11 nitrogen and oxygen atoms in total. The van der Waals surface area contributed by atoms with Gasteiger partial charge in [0.05, 0.1) is 40.7 Å². The molecular weight excluding hydrogens is 492 g/mol. The zero-order valence-electron chi connectivity index (χ0n) is 22.4. The van der Waals surface area contributed by atoms with Crippen LogP contribution >= 0.6 is 0 Å². The van der Waals surface area contributed by atoms with Crippen LogP contribution in [0.3, 0.4) is 0 Å². The minimum Gasteiger partial charge on any atom is -0.495 e. The molecular formula is C27H34N4O7. The Hall–Kier alpha value is -4.15. The lowest BCUT2D eigenvalue weighted by Crippen LogP contribution is -2.57. The highest BCUT2D eigenvalue weighted by atomic mass is 16.5. The zero-order chi connectivity index (χ0) is 27.2. The maximum absolute atomic E-state index is 13.3. The number of amides is 1. The number of esters is 1. The van der Waals surface area contributed by atoms with Crippen molar-refractivity contribution in [3.8, 4) is 23.0 Å². The molecule has 2 heterocycles. The van der Waals surface area contributed by atoms with E-state index in [1.807, 2.05) is 29.2 Å². The van der Waals surface area contributed by atoms with Crippen LogP contribution in [0.2, 0.25) is 0 Å². The molecule has 1 amide bonds. The third-order valence-electron chi connectivity index (χ3n) is 6.67. The maximum atomic E-state index is 13.3. The number of benzene rings is 2. The molecule has 0 aromatic heterocycles. The fourth-order valence-corrected chi connectivity index (χ4v) is 4.79. The summed E-state index contributed by atoms with van der Waals surface area (Å²) in [5.41, 5.74) is 1.58. The van der Waals surface area contributed by atoms with E-state index in [1.54, 1.807) is 26.2 Å². The predicted octanol–water partition coefficient (Wildman–Crippen LogP) is 2.25. The summed E-state index contributed by atoms with van der Waals surface area (Å²) in [5.74, 6) is 0.139. The molecule has 204 valence electrons. The van der Waals surface area contributed by atoms with Crippen molar-refractivity contribution in [3.63, 3.8) is 0 Å². The molecule has 0 saturated carbocycles. The van der Waals surface area contributed by atoms with Crippen molar-refractivity contribution in [1.82, 2.24) is 10.2 Å². The molecule has 38 heavy (non-hydrogen) atoms. The van der Waals surface area contributed by atoms with Crippen LogP contribution in [0.4, 0.5) is 5.69 Å². The Labute approximate surface area is 222 Å². The van der Waals surface area contributed by atoms with Gasteiger partial charge in [-0.3, -0.25) is 14.9 Å².